The first-order valence-corrected chi connectivity index (χ1v) is 9.76. The Morgan fingerprint density at radius 2 is 2.09 bits per heavy atom. The van der Waals surface area contributed by atoms with Crippen molar-refractivity contribution in [2.24, 2.45) is 10.8 Å². The van der Waals surface area contributed by atoms with Gasteiger partial charge >= 0.3 is 6.18 Å². The van der Waals surface area contributed by atoms with Crippen LogP contribution in [0.15, 0.2) is 35.1 Å². The minimum Gasteiger partial charge on any atom is -0.396 e. The highest BCUT2D eigenvalue weighted by Crippen LogP contribution is 2.22. The van der Waals surface area contributed by atoms with Crippen LogP contribution in [0, 0.1) is 11.8 Å². The van der Waals surface area contributed by atoms with Gasteiger partial charge in [-0.2, -0.15) is 13.2 Å². The van der Waals surface area contributed by atoms with Crippen LogP contribution in [0.3, 0.4) is 0 Å². The van der Waals surface area contributed by atoms with Gasteiger partial charge in [-0.25, -0.2) is 5.84 Å². The Morgan fingerprint density at radius 1 is 1.38 bits per heavy atom. The summed E-state index contributed by atoms with van der Waals surface area (Å²) in [5, 5.41) is 14.5. The number of hydrazine groups is 1. The first-order chi connectivity index (χ1) is 15.1. The Kier molecular flexibility index (Phi) is 8.80. The topological polar surface area (TPSA) is 120 Å². The number of aliphatic hydroxyl groups is 1. The highest BCUT2D eigenvalue weighted by Gasteiger charge is 2.28. The fourth-order valence-corrected chi connectivity index (χ4v) is 2.47. The number of aliphatic imine (C=N–C) groups is 1. The Labute approximate surface area is 183 Å². The lowest BCUT2D eigenvalue weighted by Crippen LogP contribution is -2.34. The van der Waals surface area contributed by atoms with E-state index >= 15 is 0 Å². The summed E-state index contributed by atoms with van der Waals surface area (Å²) in [5.74, 6) is 10.3. The van der Waals surface area contributed by atoms with Gasteiger partial charge in [-0.15, -0.1) is 0 Å². The van der Waals surface area contributed by atoms with E-state index in [2.05, 4.69) is 28.9 Å². The molecule has 0 saturated heterocycles. The molecular weight excluding hydrogens is 427 g/mol. The molecule has 32 heavy (non-hydrogen) atoms. The quantitative estimate of drug-likeness (QED) is 0.114. The van der Waals surface area contributed by atoms with Gasteiger partial charge < -0.3 is 15.7 Å². The molecule has 0 bridgehead atoms. The second-order valence-corrected chi connectivity index (χ2v) is 6.99. The lowest BCUT2D eigenvalue weighted by molar-refractivity contribution is -0.123. The average molecular weight is 451 g/mol. The van der Waals surface area contributed by atoms with Gasteiger partial charge in [0, 0.05) is 24.6 Å². The maximum Gasteiger partial charge on any atom is 0.405 e. The van der Waals surface area contributed by atoms with Crippen molar-refractivity contribution < 1.29 is 27.9 Å². The standard InChI is InChI=1S/C21H24F3N5O3/c1-26-17(20(32)28-16-7-8-16)12-29(25)18-9-6-15(19(31)27-13-21(22,23)24)11-14(18)5-3-2-4-10-30/h6,9,11-12,16,30H,1-2,4,7-8,10,13,25H2,(H,27,31)(H,28,32)/b17-12-. The zero-order chi connectivity index (χ0) is 23.7. The molecule has 0 aromatic heterocycles. The first kappa shape index (κ1) is 24.9. The molecule has 1 aliphatic rings. The molecule has 5 N–H and O–H groups in total. The van der Waals surface area contributed by atoms with Crippen LogP contribution in [0.25, 0.3) is 0 Å². The minimum absolute atomic E-state index is 0.0365. The molecule has 8 nitrogen and oxygen atoms in total. The monoisotopic (exact) mass is 451 g/mol. The lowest BCUT2D eigenvalue weighted by atomic mass is 10.1. The summed E-state index contributed by atoms with van der Waals surface area (Å²) in [4.78, 5) is 28.0. The highest BCUT2D eigenvalue weighted by atomic mass is 19.4. The number of nitrogens with one attached hydrogen (secondary N) is 2. The average Bonchev–Trinajstić information content (AvgIpc) is 3.56. The van der Waals surface area contributed by atoms with Crippen LogP contribution in [0.5, 0.6) is 0 Å². The molecule has 0 atom stereocenters. The number of aliphatic hydroxyl groups excluding tert-OH is 1. The number of benzene rings is 1. The Balaban J connectivity index is 2.30. The Hall–Kier alpha value is -3.36. The number of rotatable bonds is 9. The number of carbonyl (C=O) groups is 2. The van der Waals surface area contributed by atoms with Crippen LogP contribution in [0.2, 0.25) is 0 Å². The molecule has 0 unspecified atom stereocenters. The third-order valence-corrected chi connectivity index (χ3v) is 4.25. The summed E-state index contributed by atoms with van der Waals surface area (Å²) in [6.07, 6.45) is -0.767. The van der Waals surface area contributed by atoms with Crippen molar-refractivity contribution in [3.63, 3.8) is 0 Å². The summed E-state index contributed by atoms with van der Waals surface area (Å²) in [6.45, 7) is 1.84. The number of hydrogen-bond acceptors (Lipinski definition) is 6. The van der Waals surface area contributed by atoms with Crippen molar-refractivity contribution in [2.75, 3.05) is 18.2 Å². The van der Waals surface area contributed by atoms with Crippen LogP contribution in [-0.2, 0) is 4.79 Å². The zero-order valence-corrected chi connectivity index (χ0v) is 17.2. The van der Waals surface area contributed by atoms with E-state index in [4.69, 9.17) is 10.9 Å². The van der Waals surface area contributed by atoms with E-state index in [-0.39, 0.29) is 35.2 Å². The molecule has 1 saturated carbocycles. The van der Waals surface area contributed by atoms with Crippen molar-refractivity contribution in [1.29, 1.82) is 0 Å². The third kappa shape index (κ3) is 8.05. The largest absolute Gasteiger partial charge is 0.405 e. The van der Waals surface area contributed by atoms with Crippen LogP contribution in [0.4, 0.5) is 18.9 Å². The van der Waals surface area contributed by atoms with Gasteiger partial charge in [0.15, 0.2) is 0 Å². The normalized spacial score (nSPS) is 13.6. The lowest BCUT2D eigenvalue weighted by Gasteiger charge is -2.18. The summed E-state index contributed by atoms with van der Waals surface area (Å²) in [7, 11) is 0. The van der Waals surface area contributed by atoms with Crippen molar-refractivity contribution in [2.45, 2.75) is 37.9 Å². The van der Waals surface area contributed by atoms with Gasteiger partial charge in [0.25, 0.3) is 11.8 Å². The summed E-state index contributed by atoms with van der Waals surface area (Å²) in [5.41, 5.74) is 0.447. The predicted molar refractivity (Wildman–Crippen MR) is 113 cm³/mol. The van der Waals surface area contributed by atoms with Gasteiger partial charge in [-0.1, -0.05) is 11.8 Å². The van der Waals surface area contributed by atoms with Crippen molar-refractivity contribution in [3.8, 4) is 11.8 Å². The number of nitrogens with two attached hydrogens (primary N) is 1. The van der Waals surface area contributed by atoms with E-state index in [0.29, 0.717) is 12.8 Å². The van der Waals surface area contributed by atoms with Crippen LogP contribution < -0.4 is 21.5 Å². The van der Waals surface area contributed by atoms with Gasteiger partial charge in [-0.3, -0.25) is 19.6 Å². The molecule has 2 rings (SSSR count). The van der Waals surface area contributed by atoms with E-state index < -0.39 is 24.5 Å². The second-order valence-electron chi connectivity index (χ2n) is 6.99. The second kappa shape index (κ2) is 11.3. The molecule has 0 radical (unpaired) electrons. The van der Waals surface area contributed by atoms with Crippen molar-refractivity contribution in [1.82, 2.24) is 10.6 Å². The highest BCUT2D eigenvalue weighted by molar-refractivity contribution is 5.96. The van der Waals surface area contributed by atoms with Gasteiger partial charge in [0.2, 0.25) is 0 Å². The number of hydrogen-bond donors (Lipinski definition) is 4. The van der Waals surface area contributed by atoms with E-state index in [1.165, 1.54) is 24.4 Å². The third-order valence-electron chi connectivity index (χ3n) is 4.25. The first-order valence-electron chi connectivity index (χ1n) is 9.76. The number of anilines is 1. The molecule has 2 amide bonds. The smallest absolute Gasteiger partial charge is 0.396 e. The molecule has 11 heteroatoms. The maximum atomic E-state index is 12.4. The van der Waals surface area contributed by atoms with Gasteiger partial charge in [0.1, 0.15) is 12.2 Å². The number of amides is 2. The molecule has 1 aromatic carbocycles. The predicted octanol–water partition coefficient (Wildman–Crippen LogP) is 1.60. The molecule has 0 heterocycles. The van der Waals surface area contributed by atoms with E-state index in [1.54, 1.807) is 5.32 Å². The Bertz CT molecular complexity index is 946. The summed E-state index contributed by atoms with van der Waals surface area (Å²) >= 11 is 0. The molecule has 1 aromatic rings. The van der Waals surface area contributed by atoms with Crippen molar-refractivity contribution in [3.05, 3.63) is 41.2 Å². The molecule has 172 valence electrons. The molecule has 0 spiro atoms. The van der Waals surface area contributed by atoms with Crippen molar-refractivity contribution >= 4 is 24.2 Å². The molecule has 0 aliphatic heterocycles. The number of halogens is 3. The minimum atomic E-state index is -4.55. The SMILES string of the molecule is C=N/C(=C\N(N)c1ccc(C(=O)NCC(F)(F)F)cc1C#CCCCO)C(=O)NC1CC1. The van der Waals surface area contributed by atoms with E-state index in [9.17, 15) is 22.8 Å². The number of unbranched alkanes of at least 4 members (excludes halogenated alkanes) is 1. The van der Waals surface area contributed by atoms with Gasteiger partial charge in [0.05, 0.1) is 17.5 Å². The molecule has 1 fully saturated rings. The van der Waals surface area contributed by atoms with Crippen LogP contribution in [-0.4, -0.2) is 49.0 Å². The fraction of sp³-hybridized carbons (Fsp3) is 0.381. The van der Waals surface area contributed by atoms with Crippen LogP contribution >= 0.6 is 0 Å². The number of nitrogens with zero attached hydrogens (tertiary/aromatic N) is 2. The summed E-state index contributed by atoms with van der Waals surface area (Å²) < 4.78 is 37.2. The number of carbonyl (C=O) groups excluding carboxylic acids is 2. The molecule has 1 aliphatic carbocycles. The van der Waals surface area contributed by atoms with Crippen LogP contribution in [0.1, 0.15) is 41.6 Å². The molecular formula is C21H24F3N5O3. The van der Waals surface area contributed by atoms with Gasteiger partial charge in [-0.05, 0) is 44.2 Å². The fourth-order valence-electron chi connectivity index (χ4n) is 2.47. The summed E-state index contributed by atoms with van der Waals surface area (Å²) in [6, 6.07) is 4.08. The number of alkyl halides is 3. The van der Waals surface area contributed by atoms with E-state index in [1.807, 2.05) is 0 Å². The zero-order valence-electron chi connectivity index (χ0n) is 17.2. The van der Waals surface area contributed by atoms with E-state index in [0.717, 1.165) is 17.9 Å². The maximum absolute atomic E-state index is 12.4. The Morgan fingerprint density at radius 3 is 2.69 bits per heavy atom.